The van der Waals surface area contributed by atoms with Crippen LogP contribution in [0, 0.1) is 11.8 Å². The molecule has 0 spiro atoms. The molecule has 0 aliphatic carbocycles. The minimum absolute atomic E-state index is 0.0193. The van der Waals surface area contributed by atoms with Gasteiger partial charge in [0.05, 0.1) is 35.5 Å². The number of urea groups is 1. The predicted molar refractivity (Wildman–Crippen MR) is 199 cm³/mol. The number of carbonyl (C=O) groups is 3. The summed E-state index contributed by atoms with van der Waals surface area (Å²) in [7, 11) is -4.12. The molecule has 53 heavy (non-hydrogen) atoms. The number of hydrogen-bond acceptors (Lipinski definition) is 10. The van der Waals surface area contributed by atoms with E-state index in [1.54, 1.807) is 45.0 Å². The number of aliphatic hydroxyl groups excluding tert-OH is 1. The summed E-state index contributed by atoms with van der Waals surface area (Å²) in [6.45, 7) is 8.17. The third-order valence-electron chi connectivity index (χ3n) is 8.93. The average molecular weight is 749 g/mol. The third kappa shape index (κ3) is 10.3. The van der Waals surface area contributed by atoms with E-state index in [0.717, 1.165) is 10.5 Å². The minimum Gasteiger partial charge on any atom is -0.411 e. The van der Waals surface area contributed by atoms with E-state index < -0.39 is 52.0 Å². The van der Waals surface area contributed by atoms with Crippen LogP contribution >= 0.6 is 0 Å². The monoisotopic (exact) mass is 748 g/mol. The van der Waals surface area contributed by atoms with Crippen LogP contribution in [0.2, 0.25) is 0 Å². The van der Waals surface area contributed by atoms with E-state index in [9.17, 15) is 33.1 Å². The van der Waals surface area contributed by atoms with Crippen molar-refractivity contribution in [2.24, 2.45) is 22.1 Å². The molecule has 0 aromatic heterocycles. The number of aliphatic hydroxyl groups is 1. The molecule has 3 aromatic rings. The number of hydrogen-bond donors (Lipinski definition) is 4. The Morgan fingerprint density at radius 1 is 0.943 bits per heavy atom. The number of oxime groups is 2. The highest BCUT2D eigenvalue weighted by Crippen LogP contribution is 2.24. The van der Waals surface area contributed by atoms with Crippen molar-refractivity contribution in [1.29, 1.82) is 0 Å². The number of benzene rings is 3. The smallest absolute Gasteiger partial charge is 0.328 e. The molecule has 4 amide bonds. The summed E-state index contributed by atoms with van der Waals surface area (Å²) in [6, 6.07) is 19.1. The van der Waals surface area contributed by atoms with Crippen LogP contribution < -0.4 is 5.32 Å². The van der Waals surface area contributed by atoms with E-state index in [1.807, 2.05) is 44.2 Å². The molecule has 1 unspecified atom stereocenters. The van der Waals surface area contributed by atoms with Gasteiger partial charge in [0.2, 0.25) is 15.9 Å². The maximum Gasteiger partial charge on any atom is 0.328 e. The van der Waals surface area contributed by atoms with Crippen molar-refractivity contribution in [3.05, 3.63) is 101 Å². The fourth-order valence-corrected chi connectivity index (χ4v) is 7.87. The Labute approximate surface area is 310 Å². The number of carbonyl (C=O) groups excluding carboxylic acids is 3. The van der Waals surface area contributed by atoms with Gasteiger partial charge in [0.15, 0.2) is 0 Å². The van der Waals surface area contributed by atoms with Gasteiger partial charge in [-0.15, -0.1) is 0 Å². The van der Waals surface area contributed by atoms with Crippen molar-refractivity contribution in [3.63, 3.8) is 0 Å². The number of imide groups is 1. The van der Waals surface area contributed by atoms with Gasteiger partial charge in [0, 0.05) is 13.1 Å². The summed E-state index contributed by atoms with van der Waals surface area (Å²) in [4.78, 5) is 43.4. The molecule has 1 heterocycles. The van der Waals surface area contributed by atoms with Crippen molar-refractivity contribution in [2.45, 2.75) is 70.7 Å². The van der Waals surface area contributed by atoms with Gasteiger partial charge >= 0.3 is 6.03 Å². The molecule has 1 saturated heterocycles. The summed E-state index contributed by atoms with van der Waals surface area (Å²) >= 11 is 0. The van der Waals surface area contributed by atoms with Crippen LogP contribution in [0.3, 0.4) is 0 Å². The molecule has 4 rings (SSSR count). The van der Waals surface area contributed by atoms with Crippen molar-refractivity contribution in [2.75, 3.05) is 19.6 Å². The van der Waals surface area contributed by atoms with Gasteiger partial charge in [-0.3, -0.25) is 14.5 Å². The normalized spacial score (nSPS) is 15.9. The molecule has 4 N–H and O–H groups in total. The molecule has 1 aliphatic rings. The first-order chi connectivity index (χ1) is 25.2. The van der Waals surface area contributed by atoms with E-state index in [-0.39, 0.29) is 43.4 Å². The van der Waals surface area contributed by atoms with Crippen LogP contribution in [0.5, 0.6) is 0 Å². The molecular formula is C38H48N6O8S. The van der Waals surface area contributed by atoms with E-state index in [2.05, 4.69) is 15.6 Å². The zero-order valence-electron chi connectivity index (χ0n) is 30.5. The second kappa shape index (κ2) is 18.1. The van der Waals surface area contributed by atoms with Crippen LogP contribution in [0.1, 0.15) is 56.9 Å². The Kier molecular flexibility index (Phi) is 13.9. The maximum absolute atomic E-state index is 14.2. The second-order valence-electron chi connectivity index (χ2n) is 13.9. The van der Waals surface area contributed by atoms with Crippen molar-refractivity contribution < 1.29 is 38.3 Å². The second-order valence-corrected chi connectivity index (χ2v) is 15.8. The Morgan fingerprint density at radius 2 is 1.60 bits per heavy atom. The zero-order valence-corrected chi connectivity index (χ0v) is 31.3. The molecule has 284 valence electrons. The maximum atomic E-state index is 14.2. The SMILES string of the molecule is CC(=NO)c1cccc(CN2C(=O)CN(C(C(=O)N[C@@H](Cc3ccccc3)[C@H](O)CN(CC(C)C)S(=O)(=O)c3ccc(/C=N/O)cc3)C(C)C)C2=O)c1. The number of sulfonamides is 1. The van der Waals surface area contributed by atoms with Gasteiger partial charge in [-0.05, 0) is 65.6 Å². The first-order valence-electron chi connectivity index (χ1n) is 17.3. The molecular weight excluding hydrogens is 701 g/mol. The summed E-state index contributed by atoms with van der Waals surface area (Å²) in [5.74, 6) is -1.64. The van der Waals surface area contributed by atoms with Gasteiger partial charge in [-0.25, -0.2) is 13.2 Å². The van der Waals surface area contributed by atoms with Crippen LogP contribution in [-0.4, -0.2) is 106 Å². The lowest BCUT2D eigenvalue weighted by atomic mass is 9.97. The van der Waals surface area contributed by atoms with E-state index in [4.69, 9.17) is 5.21 Å². The van der Waals surface area contributed by atoms with E-state index >= 15 is 0 Å². The van der Waals surface area contributed by atoms with Gasteiger partial charge in [-0.1, -0.05) is 98.7 Å². The zero-order chi connectivity index (χ0) is 38.9. The number of amides is 4. The van der Waals surface area contributed by atoms with Crippen LogP contribution in [0.25, 0.3) is 0 Å². The first kappa shape index (κ1) is 40.6. The van der Waals surface area contributed by atoms with Crippen LogP contribution in [-0.2, 0) is 32.6 Å². The molecule has 1 fully saturated rings. The molecule has 1 aliphatic heterocycles. The van der Waals surface area contributed by atoms with Crippen LogP contribution in [0.15, 0.2) is 94.1 Å². The third-order valence-corrected chi connectivity index (χ3v) is 10.8. The van der Waals surface area contributed by atoms with Crippen molar-refractivity contribution >= 4 is 39.8 Å². The summed E-state index contributed by atoms with van der Waals surface area (Å²) in [5, 5.41) is 38.9. The average Bonchev–Trinajstić information content (AvgIpc) is 3.39. The number of nitrogens with zero attached hydrogens (tertiary/aromatic N) is 5. The Bertz CT molecular complexity index is 1900. The summed E-state index contributed by atoms with van der Waals surface area (Å²) in [5.41, 5.74) is 2.88. The Hall–Kier alpha value is -5.12. The molecule has 0 radical (unpaired) electrons. The minimum atomic E-state index is -4.12. The summed E-state index contributed by atoms with van der Waals surface area (Å²) < 4.78 is 29.0. The molecule has 15 heteroatoms. The highest BCUT2D eigenvalue weighted by atomic mass is 32.2. The van der Waals surface area contributed by atoms with Gasteiger partial charge < -0.3 is 25.7 Å². The topological polar surface area (TPSA) is 193 Å². The summed E-state index contributed by atoms with van der Waals surface area (Å²) in [6.07, 6.45) is -0.0622. The van der Waals surface area contributed by atoms with Gasteiger partial charge in [0.25, 0.3) is 5.91 Å². The fourth-order valence-electron chi connectivity index (χ4n) is 6.25. The largest absolute Gasteiger partial charge is 0.411 e. The van der Waals surface area contributed by atoms with E-state index in [1.165, 1.54) is 39.7 Å². The van der Waals surface area contributed by atoms with Gasteiger partial charge in [-0.2, -0.15) is 4.31 Å². The lowest BCUT2D eigenvalue weighted by Gasteiger charge is -2.34. The van der Waals surface area contributed by atoms with Gasteiger partial charge in [0.1, 0.15) is 12.6 Å². The quantitative estimate of drug-likeness (QED) is 0.0691. The number of nitrogens with one attached hydrogen (secondary N) is 1. The van der Waals surface area contributed by atoms with Crippen molar-refractivity contribution in [3.8, 4) is 0 Å². The highest BCUT2D eigenvalue weighted by molar-refractivity contribution is 7.89. The highest BCUT2D eigenvalue weighted by Gasteiger charge is 2.44. The first-order valence-corrected chi connectivity index (χ1v) is 18.8. The van der Waals surface area contributed by atoms with Crippen LogP contribution in [0.4, 0.5) is 4.79 Å². The fraction of sp³-hybridized carbons (Fsp3) is 0.395. The van der Waals surface area contributed by atoms with E-state index in [0.29, 0.717) is 22.4 Å². The Balaban J connectivity index is 1.59. The standard InChI is InChI=1S/C38H48N6O8S/c1-25(2)21-42(53(51,52)32-16-14-29(15-17-32)20-39-49)23-34(45)33(19-28-10-7-6-8-11-28)40-37(47)36(26(3)4)44-24-35(46)43(38(44)48)22-30-12-9-13-31(18-30)27(5)41-50/h6-18,20,25-26,33-34,36,45,49-50H,19,21-24H2,1-5H3,(H,40,47)/b39-20+,41-27?/t33-,34+,36?/m0/s1. The Morgan fingerprint density at radius 3 is 2.21 bits per heavy atom. The molecule has 3 aromatic carbocycles. The molecule has 0 saturated carbocycles. The number of rotatable bonds is 17. The lowest BCUT2D eigenvalue weighted by Crippen LogP contribution is -2.57. The lowest BCUT2D eigenvalue weighted by molar-refractivity contribution is -0.129. The predicted octanol–water partition coefficient (Wildman–Crippen LogP) is 3.92. The molecule has 14 nitrogen and oxygen atoms in total. The van der Waals surface area contributed by atoms with Crippen molar-refractivity contribution in [1.82, 2.24) is 19.4 Å². The molecule has 0 bridgehead atoms. The molecule has 3 atom stereocenters.